The van der Waals surface area contributed by atoms with Gasteiger partial charge in [0.1, 0.15) is 0 Å². The molecule has 10 aromatic rings. The molecule has 0 spiro atoms. The average Bonchev–Trinajstić information content (AvgIpc) is 3.91. The van der Waals surface area contributed by atoms with E-state index in [-0.39, 0.29) is 6.23 Å². The second-order valence-electron chi connectivity index (χ2n) is 14.9. The molecule has 1 aliphatic rings. The number of hydrogen-bond acceptors (Lipinski definition) is 4. The van der Waals surface area contributed by atoms with Gasteiger partial charge < -0.3 is 15.0 Å². The summed E-state index contributed by atoms with van der Waals surface area (Å²) in [6.07, 6.45) is -0.285. The summed E-state index contributed by atoms with van der Waals surface area (Å²) in [5.41, 5.74) is 14.5. The van der Waals surface area contributed by atoms with Crippen LogP contribution in [0.25, 0.3) is 64.7 Å². The maximum Gasteiger partial charge on any atom is 0.196 e. The van der Waals surface area contributed by atoms with Gasteiger partial charge in [0.05, 0.1) is 11.4 Å². The van der Waals surface area contributed by atoms with Crippen molar-refractivity contribution in [2.45, 2.75) is 6.23 Å². The van der Waals surface area contributed by atoms with Gasteiger partial charge in [-0.25, -0.2) is 0 Å². The van der Waals surface area contributed by atoms with Gasteiger partial charge in [-0.05, 0) is 81.9 Å². The monoisotopic (exact) mass is 774 g/mol. The largest absolute Gasteiger partial charge is 0.464 e. The van der Waals surface area contributed by atoms with E-state index in [0.717, 1.165) is 61.9 Å². The van der Waals surface area contributed by atoms with Crippen LogP contribution in [0.2, 0.25) is 0 Å². The Bertz CT molecular complexity index is 3090. The lowest BCUT2D eigenvalue weighted by molar-refractivity contribution is 0.261. The van der Waals surface area contributed by atoms with Gasteiger partial charge >= 0.3 is 0 Å². The molecule has 0 amide bonds. The Labute approximate surface area is 348 Å². The van der Waals surface area contributed by atoms with Crippen LogP contribution < -0.4 is 15.0 Å². The highest BCUT2D eigenvalue weighted by molar-refractivity contribution is 7.26. The number of hydrogen-bond donors (Lipinski definition) is 1. The number of ether oxygens (including phenoxy) is 1. The Hall–Kier alpha value is -7.40. The van der Waals surface area contributed by atoms with Gasteiger partial charge in [0.15, 0.2) is 12.0 Å². The quantitative estimate of drug-likeness (QED) is 0.166. The fraction of sp³-hybridized carbons (Fsp3) is 0.0182. The van der Waals surface area contributed by atoms with E-state index in [0.29, 0.717) is 0 Å². The molecule has 0 aliphatic carbocycles. The van der Waals surface area contributed by atoms with Crippen molar-refractivity contribution in [1.29, 1.82) is 0 Å². The first-order valence-electron chi connectivity index (χ1n) is 20.0. The van der Waals surface area contributed by atoms with Crippen molar-refractivity contribution in [2.24, 2.45) is 0 Å². The fourth-order valence-corrected chi connectivity index (χ4v) is 9.65. The minimum Gasteiger partial charge on any atom is -0.464 e. The highest BCUT2D eigenvalue weighted by atomic mass is 32.1. The van der Waals surface area contributed by atoms with Gasteiger partial charge in [-0.2, -0.15) is 0 Å². The Morgan fingerprint density at radius 2 is 1.03 bits per heavy atom. The smallest absolute Gasteiger partial charge is 0.196 e. The molecule has 0 bridgehead atoms. The Kier molecular flexibility index (Phi) is 8.76. The minimum atomic E-state index is -0.285. The summed E-state index contributed by atoms with van der Waals surface area (Å²) in [4.78, 5) is 2.40. The molecule has 0 saturated carbocycles. The van der Waals surface area contributed by atoms with Gasteiger partial charge in [0, 0.05) is 48.2 Å². The van der Waals surface area contributed by atoms with Crippen LogP contribution in [-0.4, -0.2) is 0 Å². The highest BCUT2D eigenvalue weighted by Gasteiger charge is 2.30. The zero-order valence-corrected chi connectivity index (χ0v) is 32.9. The zero-order valence-electron chi connectivity index (χ0n) is 32.1. The van der Waals surface area contributed by atoms with E-state index in [4.69, 9.17) is 4.74 Å². The molecule has 1 aromatic heterocycles. The average molecular weight is 775 g/mol. The molecular weight excluding hydrogens is 737 g/mol. The number of nitrogens with zero attached hydrogens (tertiary/aromatic N) is 1. The molecule has 2 heterocycles. The molecular formula is C55H38N2OS. The summed E-state index contributed by atoms with van der Waals surface area (Å²) < 4.78 is 9.44. The third-order valence-electron chi connectivity index (χ3n) is 11.3. The number of benzene rings is 9. The Balaban J connectivity index is 1.13. The highest BCUT2D eigenvalue weighted by Crippen LogP contribution is 2.54. The van der Waals surface area contributed by atoms with Crippen molar-refractivity contribution in [3.05, 3.63) is 224 Å². The second kappa shape index (κ2) is 14.8. The van der Waals surface area contributed by atoms with Crippen molar-refractivity contribution in [3.8, 4) is 50.3 Å². The summed E-state index contributed by atoms with van der Waals surface area (Å²) in [6, 6.07) is 78.2. The molecule has 9 aromatic carbocycles. The van der Waals surface area contributed by atoms with E-state index in [1.54, 1.807) is 0 Å². The molecule has 1 unspecified atom stereocenters. The first-order chi connectivity index (χ1) is 29.2. The normalized spacial score (nSPS) is 13.2. The molecule has 4 heteroatoms. The molecule has 59 heavy (non-hydrogen) atoms. The van der Waals surface area contributed by atoms with Gasteiger partial charge in [-0.3, -0.25) is 0 Å². The molecule has 3 nitrogen and oxygen atoms in total. The Morgan fingerprint density at radius 3 is 1.76 bits per heavy atom. The topological polar surface area (TPSA) is 24.5 Å². The van der Waals surface area contributed by atoms with E-state index in [1.807, 2.05) is 17.4 Å². The van der Waals surface area contributed by atoms with Crippen LogP contribution in [0.5, 0.6) is 5.75 Å². The fourth-order valence-electron chi connectivity index (χ4n) is 8.49. The van der Waals surface area contributed by atoms with Crippen molar-refractivity contribution < 1.29 is 4.74 Å². The Morgan fingerprint density at radius 1 is 0.441 bits per heavy atom. The van der Waals surface area contributed by atoms with Crippen LogP contribution in [0.1, 0.15) is 11.8 Å². The van der Waals surface area contributed by atoms with Crippen LogP contribution in [0.3, 0.4) is 0 Å². The maximum absolute atomic E-state index is 6.95. The second-order valence-corrected chi connectivity index (χ2v) is 16.0. The lowest BCUT2D eigenvalue weighted by Crippen LogP contribution is -2.11. The number of thiophene rings is 1. The van der Waals surface area contributed by atoms with Gasteiger partial charge in [0.2, 0.25) is 0 Å². The molecule has 1 N–H and O–H groups in total. The lowest BCUT2D eigenvalue weighted by atomic mass is 9.92. The molecule has 0 radical (unpaired) electrons. The molecule has 280 valence electrons. The van der Waals surface area contributed by atoms with Crippen molar-refractivity contribution >= 4 is 54.3 Å². The predicted molar refractivity (Wildman–Crippen MR) is 249 cm³/mol. The van der Waals surface area contributed by atoms with Crippen LogP contribution >= 0.6 is 11.3 Å². The van der Waals surface area contributed by atoms with E-state index in [9.17, 15) is 0 Å². The van der Waals surface area contributed by atoms with E-state index in [1.165, 1.54) is 36.9 Å². The maximum atomic E-state index is 6.95. The molecule has 0 saturated heterocycles. The van der Waals surface area contributed by atoms with Crippen LogP contribution in [0.15, 0.2) is 218 Å². The van der Waals surface area contributed by atoms with Gasteiger partial charge in [-0.1, -0.05) is 170 Å². The summed E-state index contributed by atoms with van der Waals surface area (Å²) in [5, 5.41) is 6.18. The molecule has 0 fully saturated rings. The number of nitrogens with one attached hydrogen (secondary N) is 1. The third kappa shape index (κ3) is 6.41. The first kappa shape index (κ1) is 34.8. The lowest BCUT2D eigenvalue weighted by Gasteiger charge is -2.29. The summed E-state index contributed by atoms with van der Waals surface area (Å²) in [5.74, 6) is 0.880. The first-order valence-corrected chi connectivity index (χ1v) is 20.8. The molecule has 1 aliphatic heterocycles. The standard InChI is InChI=1S/C55H38N2OS/c1-5-16-37(17-6-1)39-28-31-44(32-29-39)57(45-25-15-24-42(34-45)38-18-7-2-8-19-38)49-33-30-43(35-47(49)40-20-9-3-10-21-40)52-53-46-26-13-14-27-50(46)59-51(53)36-48-54(52)58-55(56-48)41-22-11-4-12-23-41/h1-36,55-56H. The number of anilines is 4. The van der Waals surface area contributed by atoms with Crippen molar-refractivity contribution in [1.82, 2.24) is 0 Å². The van der Waals surface area contributed by atoms with Crippen LogP contribution in [-0.2, 0) is 0 Å². The number of rotatable bonds is 8. The van der Waals surface area contributed by atoms with Crippen LogP contribution in [0.4, 0.5) is 22.7 Å². The predicted octanol–water partition coefficient (Wildman–Crippen LogP) is 15.7. The van der Waals surface area contributed by atoms with E-state index in [2.05, 4.69) is 223 Å². The third-order valence-corrected chi connectivity index (χ3v) is 12.4. The molecule has 1 atom stereocenters. The summed E-state index contributed by atoms with van der Waals surface area (Å²) in [6.45, 7) is 0. The van der Waals surface area contributed by atoms with Crippen molar-refractivity contribution in [2.75, 3.05) is 10.2 Å². The van der Waals surface area contributed by atoms with Crippen molar-refractivity contribution in [3.63, 3.8) is 0 Å². The molecule has 11 rings (SSSR count). The summed E-state index contributed by atoms with van der Waals surface area (Å²) in [7, 11) is 0. The summed E-state index contributed by atoms with van der Waals surface area (Å²) >= 11 is 1.83. The van der Waals surface area contributed by atoms with E-state index >= 15 is 0 Å². The minimum absolute atomic E-state index is 0.285. The van der Waals surface area contributed by atoms with Gasteiger partial charge in [0.25, 0.3) is 0 Å². The zero-order chi connectivity index (χ0) is 39.1. The SMILES string of the molecule is c1ccc(-c2ccc(N(c3cccc(-c4ccccc4)c3)c3ccc(-c4c5c(cc6sc7ccccc7c46)NC(c4ccccc4)O5)cc3-c3ccccc3)cc2)cc1. The van der Waals surface area contributed by atoms with Gasteiger partial charge in [-0.15, -0.1) is 11.3 Å². The number of fused-ring (bicyclic) bond motifs is 4. The van der Waals surface area contributed by atoms with Crippen LogP contribution in [0, 0.1) is 0 Å². The van der Waals surface area contributed by atoms with E-state index < -0.39 is 0 Å².